The number of hydrogen-bond acceptors (Lipinski definition) is 6. The Morgan fingerprint density at radius 3 is 2.81 bits per heavy atom. The van der Waals surface area contributed by atoms with E-state index in [4.69, 9.17) is 9.15 Å². The average molecular weight is 355 g/mol. The summed E-state index contributed by atoms with van der Waals surface area (Å²) in [6.45, 7) is 5.95. The molecule has 3 aromatic rings. The Balaban J connectivity index is 1.68. The van der Waals surface area contributed by atoms with Crippen molar-refractivity contribution in [3.63, 3.8) is 0 Å². The van der Waals surface area contributed by atoms with Crippen molar-refractivity contribution in [1.82, 2.24) is 20.0 Å². The Hall–Kier alpha value is -3.16. The van der Waals surface area contributed by atoms with Crippen molar-refractivity contribution in [2.75, 3.05) is 12.4 Å². The van der Waals surface area contributed by atoms with Crippen molar-refractivity contribution < 1.29 is 13.9 Å². The van der Waals surface area contributed by atoms with E-state index in [0.29, 0.717) is 11.6 Å². The van der Waals surface area contributed by atoms with E-state index in [1.807, 2.05) is 39.0 Å². The van der Waals surface area contributed by atoms with Crippen molar-refractivity contribution in [2.45, 2.75) is 33.2 Å². The second kappa shape index (κ2) is 7.38. The van der Waals surface area contributed by atoms with Crippen molar-refractivity contribution in [3.8, 4) is 17.3 Å². The fraction of sp³-hybridized carbons (Fsp3) is 0.333. The first kappa shape index (κ1) is 17.7. The Labute approximate surface area is 151 Å². The topological polar surface area (TPSA) is 95.1 Å². The standard InChI is InChI=1S/C18H21N5O3/c1-11(2)23-14(7-8-19-23)17-21-22-18(26-17)20-16(24)10-13-5-6-15(25-4)12(3)9-13/h5-9,11H,10H2,1-4H3,(H,20,22,24). The molecule has 0 saturated carbocycles. The number of hydrogen-bond donors (Lipinski definition) is 1. The second-order valence-electron chi connectivity index (χ2n) is 6.20. The lowest BCUT2D eigenvalue weighted by molar-refractivity contribution is -0.115. The number of ether oxygens (including phenoxy) is 1. The predicted octanol–water partition coefficient (Wildman–Crippen LogP) is 3.01. The monoisotopic (exact) mass is 355 g/mol. The lowest BCUT2D eigenvalue weighted by atomic mass is 10.1. The number of aryl methyl sites for hydroxylation is 1. The number of rotatable bonds is 6. The number of carbonyl (C=O) groups is 1. The molecule has 2 heterocycles. The first-order valence-electron chi connectivity index (χ1n) is 8.28. The SMILES string of the molecule is COc1ccc(CC(=O)Nc2nnc(-c3ccnn3C(C)C)o2)cc1C. The van der Waals surface area contributed by atoms with E-state index in [9.17, 15) is 4.79 Å². The molecule has 8 nitrogen and oxygen atoms in total. The number of amides is 1. The third-order valence-electron chi connectivity index (χ3n) is 3.87. The van der Waals surface area contributed by atoms with Gasteiger partial charge < -0.3 is 9.15 Å². The fourth-order valence-electron chi connectivity index (χ4n) is 2.67. The summed E-state index contributed by atoms with van der Waals surface area (Å²) in [5, 5.41) is 14.7. The van der Waals surface area contributed by atoms with Gasteiger partial charge in [-0.15, -0.1) is 5.10 Å². The highest BCUT2D eigenvalue weighted by molar-refractivity contribution is 5.90. The molecule has 3 rings (SSSR count). The minimum atomic E-state index is -0.234. The molecule has 2 aromatic heterocycles. The molecule has 1 amide bonds. The van der Waals surface area contributed by atoms with Gasteiger partial charge in [-0.3, -0.25) is 14.8 Å². The molecule has 26 heavy (non-hydrogen) atoms. The van der Waals surface area contributed by atoms with Gasteiger partial charge >= 0.3 is 6.01 Å². The van der Waals surface area contributed by atoms with Crippen LogP contribution in [0, 0.1) is 6.92 Å². The van der Waals surface area contributed by atoms with E-state index in [2.05, 4.69) is 20.6 Å². The highest BCUT2D eigenvalue weighted by Crippen LogP contribution is 2.22. The smallest absolute Gasteiger partial charge is 0.322 e. The van der Waals surface area contributed by atoms with Gasteiger partial charge in [0.15, 0.2) is 0 Å². The van der Waals surface area contributed by atoms with E-state index in [1.165, 1.54) is 0 Å². The zero-order chi connectivity index (χ0) is 18.7. The molecular formula is C18H21N5O3. The maximum Gasteiger partial charge on any atom is 0.322 e. The van der Waals surface area contributed by atoms with Gasteiger partial charge in [0, 0.05) is 12.2 Å². The summed E-state index contributed by atoms with van der Waals surface area (Å²) in [6.07, 6.45) is 1.87. The Morgan fingerprint density at radius 1 is 1.31 bits per heavy atom. The van der Waals surface area contributed by atoms with Crippen LogP contribution in [-0.2, 0) is 11.2 Å². The average Bonchev–Trinajstić information content (AvgIpc) is 3.23. The molecule has 0 bridgehead atoms. The molecule has 0 atom stereocenters. The Bertz CT molecular complexity index is 913. The van der Waals surface area contributed by atoms with Crippen LogP contribution in [0.4, 0.5) is 6.01 Å². The van der Waals surface area contributed by atoms with Crippen LogP contribution in [0.1, 0.15) is 31.0 Å². The van der Waals surface area contributed by atoms with Gasteiger partial charge in [0.1, 0.15) is 11.4 Å². The van der Waals surface area contributed by atoms with Gasteiger partial charge in [0.2, 0.25) is 5.91 Å². The predicted molar refractivity (Wildman–Crippen MR) is 96.0 cm³/mol. The molecular weight excluding hydrogens is 334 g/mol. The van der Waals surface area contributed by atoms with E-state index in [1.54, 1.807) is 24.1 Å². The molecule has 0 spiro atoms. The number of nitrogens with zero attached hydrogens (tertiary/aromatic N) is 4. The molecule has 0 aliphatic rings. The molecule has 0 aliphatic heterocycles. The van der Waals surface area contributed by atoms with Crippen LogP contribution >= 0.6 is 0 Å². The molecule has 0 aliphatic carbocycles. The summed E-state index contributed by atoms with van der Waals surface area (Å²) in [7, 11) is 1.62. The summed E-state index contributed by atoms with van der Waals surface area (Å²) < 4.78 is 12.6. The molecule has 0 saturated heterocycles. The number of benzene rings is 1. The summed E-state index contributed by atoms with van der Waals surface area (Å²) in [5.74, 6) is 0.867. The highest BCUT2D eigenvalue weighted by Gasteiger charge is 2.16. The first-order chi connectivity index (χ1) is 12.5. The van der Waals surface area contributed by atoms with Crippen molar-refractivity contribution in [3.05, 3.63) is 41.6 Å². The first-order valence-corrected chi connectivity index (χ1v) is 8.28. The van der Waals surface area contributed by atoms with Crippen LogP contribution in [0.2, 0.25) is 0 Å². The van der Waals surface area contributed by atoms with Gasteiger partial charge in [-0.1, -0.05) is 17.2 Å². The van der Waals surface area contributed by atoms with Crippen LogP contribution in [0.3, 0.4) is 0 Å². The van der Waals surface area contributed by atoms with Crippen LogP contribution < -0.4 is 10.1 Å². The maximum absolute atomic E-state index is 12.2. The number of carbonyl (C=O) groups excluding carboxylic acids is 1. The maximum atomic E-state index is 12.2. The van der Waals surface area contributed by atoms with E-state index < -0.39 is 0 Å². The minimum Gasteiger partial charge on any atom is -0.496 e. The van der Waals surface area contributed by atoms with Crippen molar-refractivity contribution in [1.29, 1.82) is 0 Å². The lowest BCUT2D eigenvalue weighted by Crippen LogP contribution is -2.14. The molecule has 0 radical (unpaired) electrons. The summed E-state index contributed by atoms with van der Waals surface area (Å²) in [4.78, 5) is 12.2. The number of nitrogens with one attached hydrogen (secondary N) is 1. The number of aromatic nitrogens is 4. The summed E-state index contributed by atoms with van der Waals surface area (Å²) in [6, 6.07) is 7.62. The van der Waals surface area contributed by atoms with E-state index in [0.717, 1.165) is 16.9 Å². The number of anilines is 1. The third kappa shape index (κ3) is 3.74. The zero-order valence-electron chi connectivity index (χ0n) is 15.2. The van der Waals surface area contributed by atoms with Gasteiger partial charge in [0.25, 0.3) is 5.89 Å². The quantitative estimate of drug-likeness (QED) is 0.730. The molecule has 8 heteroatoms. The third-order valence-corrected chi connectivity index (χ3v) is 3.87. The molecule has 1 aromatic carbocycles. The van der Waals surface area contributed by atoms with Gasteiger partial charge in [-0.25, -0.2) is 0 Å². The fourth-order valence-corrected chi connectivity index (χ4v) is 2.67. The van der Waals surface area contributed by atoms with Gasteiger partial charge in [-0.2, -0.15) is 5.10 Å². The van der Waals surface area contributed by atoms with Crippen molar-refractivity contribution in [2.24, 2.45) is 0 Å². The highest BCUT2D eigenvalue weighted by atomic mass is 16.5. The van der Waals surface area contributed by atoms with Crippen LogP contribution in [0.25, 0.3) is 11.6 Å². The van der Waals surface area contributed by atoms with Crippen molar-refractivity contribution >= 4 is 11.9 Å². The van der Waals surface area contributed by atoms with Crippen LogP contribution in [0.5, 0.6) is 5.75 Å². The van der Waals surface area contributed by atoms with Gasteiger partial charge in [0.05, 0.1) is 13.5 Å². The molecule has 1 N–H and O–H groups in total. The zero-order valence-corrected chi connectivity index (χ0v) is 15.2. The largest absolute Gasteiger partial charge is 0.496 e. The Kier molecular flexibility index (Phi) is 5.01. The van der Waals surface area contributed by atoms with Gasteiger partial charge in [-0.05, 0) is 44.0 Å². The Morgan fingerprint density at radius 2 is 2.12 bits per heavy atom. The molecule has 0 fully saturated rings. The summed E-state index contributed by atoms with van der Waals surface area (Å²) >= 11 is 0. The normalized spacial score (nSPS) is 11.0. The van der Waals surface area contributed by atoms with Crippen LogP contribution in [-0.4, -0.2) is 33.0 Å². The number of methoxy groups -OCH3 is 1. The van der Waals surface area contributed by atoms with Crippen LogP contribution in [0.15, 0.2) is 34.9 Å². The van der Waals surface area contributed by atoms with E-state index >= 15 is 0 Å². The summed E-state index contributed by atoms with van der Waals surface area (Å²) in [5.41, 5.74) is 2.55. The molecule has 136 valence electrons. The molecule has 0 unspecified atom stereocenters. The minimum absolute atomic E-state index is 0.0618. The van der Waals surface area contributed by atoms with E-state index in [-0.39, 0.29) is 24.4 Å². The second-order valence-corrected chi connectivity index (χ2v) is 6.20. The lowest BCUT2D eigenvalue weighted by Gasteiger charge is -2.07.